The van der Waals surface area contributed by atoms with Crippen molar-refractivity contribution in [1.29, 1.82) is 0 Å². The molecule has 5 rings (SSSR count). The van der Waals surface area contributed by atoms with Gasteiger partial charge in [-0.25, -0.2) is 8.42 Å². The zero-order valence-corrected chi connectivity index (χ0v) is 28.0. The summed E-state index contributed by atoms with van der Waals surface area (Å²) in [6.45, 7) is -0.602. The average molecular weight is 720 g/mol. The molecular formula is C35H35BrN4O6S. The van der Waals surface area contributed by atoms with E-state index in [0.717, 1.165) is 45.6 Å². The van der Waals surface area contributed by atoms with Crippen LogP contribution in [0.25, 0.3) is 0 Å². The Hall–Kier alpha value is -4.55. The predicted molar refractivity (Wildman–Crippen MR) is 183 cm³/mol. The van der Waals surface area contributed by atoms with Crippen molar-refractivity contribution in [3.63, 3.8) is 0 Å². The summed E-state index contributed by atoms with van der Waals surface area (Å²) in [5.41, 5.74) is 1.45. The monoisotopic (exact) mass is 718 g/mol. The number of carbonyl (C=O) groups is 2. The lowest BCUT2D eigenvalue weighted by molar-refractivity contribution is -0.384. The number of hydrogen-bond acceptors (Lipinski definition) is 6. The molecule has 0 radical (unpaired) electrons. The number of benzene rings is 4. The summed E-state index contributed by atoms with van der Waals surface area (Å²) >= 11 is 3.44. The lowest BCUT2D eigenvalue weighted by Crippen LogP contribution is -2.54. The van der Waals surface area contributed by atoms with E-state index in [1.807, 2.05) is 54.6 Å². The molecule has 1 aliphatic rings. The Labute approximate surface area is 282 Å². The lowest BCUT2D eigenvalue weighted by atomic mass is 10.0. The molecule has 1 N–H and O–H groups in total. The van der Waals surface area contributed by atoms with Crippen molar-refractivity contribution in [3.8, 4) is 0 Å². The molecule has 10 nitrogen and oxygen atoms in total. The number of nitro groups is 1. The Morgan fingerprint density at radius 2 is 1.45 bits per heavy atom. The van der Waals surface area contributed by atoms with Gasteiger partial charge in [-0.2, -0.15) is 0 Å². The number of non-ortho nitro benzene ring substituents is 1. The standard InChI is InChI=1S/C35H35BrN4O6S/c36-28-17-15-27(16-18-28)24-38(33(23-26-9-3-1-4-10-26)35(42)37-29-11-7-8-12-29)34(41)25-39(30-19-21-31(22-20-30)40(43)44)47(45,46)32-13-5-2-6-14-32/h1-6,9-10,13-22,29,33H,7-8,11-12,23-25H2,(H,37,42). The van der Waals surface area contributed by atoms with Crippen LogP contribution in [0.15, 0.2) is 119 Å². The Morgan fingerprint density at radius 3 is 2.04 bits per heavy atom. The fraction of sp³-hybridized carbons (Fsp3) is 0.257. The summed E-state index contributed by atoms with van der Waals surface area (Å²) in [5, 5.41) is 14.5. The third-order valence-electron chi connectivity index (χ3n) is 8.20. The van der Waals surface area contributed by atoms with Crippen molar-refractivity contribution in [2.24, 2.45) is 0 Å². The number of nitrogens with zero attached hydrogens (tertiary/aromatic N) is 3. The molecule has 0 heterocycles. The highest BCUT2D eigenvalue weighted by Crippen LogP contribution is 2.27. The molecule has 1 fully saturated rings. The quantitative estimate of drug-likeness (QED) is 0.129. The van der Waals surface area contributed by atoms with Gasteiger partial charge in [0.25, 0.3) is 15.7 Å². The molecule has 1 atom stereocenters. The van der Waals surface area contributed by atoms with Crippen LogP contribution >= 0.6 is 15.9 Å². The fourth-order valence-electron chi connectivity index (χ4n) is 5.70. The van der Waals surface area contributed by atoms with E-state index in [4.69, 9.17) is 0 Å². The number of hydrogen-bond donors (Lipinski definition) is 1. The van der Waals surface area contributed by atoms with Gasteiger partial charge in [0.15, 0.2) is 0 Å². The van der Waals surface area contributed by atoms with E-state index in [1.165, 1.54) is 41.3 Å². The second kappa shape index (κ2) is 15.4. The fourth-order valence-corrected chi connectivity index (χ4v) is 7.40. The third kappa shape index (κ3) is 8.63. The summed E-state index contributed by atoms with van der Waals surface area (Å²) in [4.78, 5) is 40.8. The second-order valence-corrected chi connectivity index (χ2v) is 14.2. The number of sulfonamides is 1. The van der Waals surface area contributed by atoms with Gasteiger partial charge in [-0.05, 0) is 60.4 Å². The Kier molecular flexibility index (Phi) is 11.0. The van der Waals surface area contributed by atoms with Gasteiger partial charge in [-0.1, -0.05) is 89.4 Å². The predicted octanol–water partition coefficient (Wildman–Crippen LogP) is 6.25. The van der Waals surface area contributed by atoms with Crippen LogP contribution in [-0.2, 0) is 32.6 Å². The number of halogens is 1. The molecule has 4 aromatic carbocycles. The van der Waals surface area contributed by atoms with Crippen LogP contribution in [0.2, 0.25) is 0 Å². The van der Waals surface area contributed by atoms with Gasteiger partial charge in [0, 0.05) is 35.6 Å². The second-order valence-electron chi connectivity index (χ2n) is 11.4. The molecule has 0 aliphatic heterocycles. The van der Waals surface area contributed by atoms with E-state index >= 15 is 0 Å². The molecule has 1 aliphatic carbocycles. The third-order valence-corrected chi connectivity index (χ3v) is 10.5. The Morgan fingerprint density at radius 1 is 0.851 bits per heavy atom. The largest absolute Gasteiger partial charge is 0.352 e. The summed E-state index contributed by atoms with van der Waals surface area (Å²) in [7, 11) is -4.31. The first-order valence-corrected chi connectivity index (χ1v) is 17.6. The SMILES string of the molecule is O=C(NC1CCCC1)C(Cc1ccccc1)N(Cc1ccc(Br)cc1)C(=O)CN(c1ccc([N+](=O)[O-])cc1)S(=O)(=O)c1ccccc1. The maximum absolute atomic E-state index is 14.5. The van der Waals surface area contributed by atoms with Gasteiger partial charge in [0.05, 0.1) is 15.5 Å². The van der Waals surface area contributed by atoms with Crippen LogP contribution in [-0.4, -0.2) is 48.7 Å². The van der Waals surface area contributed by atoms with Gasteiger partial charge in [0.1, 0.15) is 12.6 Å². The van der Waals surface area contributed by atoms with Crippen LogP contribution in [0.1, 0.15) is 36.8 Å². The van der Waals surface area contributed by atoms with Crippen LogP contribution < -0.4 is 9.62 Å². The normalized spacial score (nSPS) is 13.9. The average Bonchev–Trinajstić information content (AvgIpc) is 3.60. The first-order valence-electron chi connectivity index (χ1n) is 15.3. The molecular weight excluding hydrogens is 684 g/mol. The van der Waals surface area contributed by atoms with Crippen molar-refractivity contribution in [2.75, 3.05) is 10.8 Å². The number of carbonyl (C=O) groups excluding carboxylic acids is 2. The highest BCUT2D eigenvalue weighted by molar-refractivity contribution is 9.10. The summed E-state index contributed by atoms with van der Waals surface area (Å²) in [5.74, 6) is -0.910. The molecule has 0 saturated heterocycles. The highest BCUT2D eigenvalue weighted by Gasteiger charge is 2.35. The minimum Gasteiger partial charge on any atom is -0.352 e. The van der Waals surface area contributed by atoms with Crippen molar-refractivity contribution in [2.45, 2.75) is 55.6 Å². The van der Waals surface area contributed by atoms with E-state index in [9.17, 15) is 28.1 Å². The minimum absolute atomic E-state index is 0.000437. The summed E-state index contributed by atoms with van der Waals surface area (Å²) < 4.78 is 29.9. The molecule has 4 aromatic rings. The van der Waals surface area contributed by atoms with Gasteiger partial charge in [-0.3, -0.25) is 24.0 Å². The molecule has 0 bridgehead atoms. The summed E-state index contributed by atoms with van der Waals surface area (Å²) in [6, 6.07) is 28.5. The van der Waals surface area contributed by atoms with Crippen molar-refractivity contribution in [3.05, 3.63) is 135 Å². The molecule has 0 aromatic heterocycles. The number of nitrogens with one attached hydrogen (secondary N) is 1. The van der Waals surface area contributed by atoms with Crippen LogP contribution in [0.5, 0.6) is 0 Å². The zero-order chi connectivity index (χ0) is 33.4. The Balaban J connectivity index is 1.56. The lowest BCUT2D eigenvalue weighted by Gasteiger charge is -2.34. The smallest absolute Gasteiger partial charge is 0.269 e. The number of anilines is 1. The molecule has 0 spiro atoms. The summed E-state index contributed by atoms with van der Waals surface area (Å²) in [6.07, 6.45) is 3.95. The Bertz CT molecular complexity index is 1780. The van der Waals surface area contributed by atoms with Gasteiger partial charge < -0.3 is 10.2 Å². The number of rotatable bonds is 13. The molecule has 47 heavy (non-hydrogen) atoms. The minimum atomic E-state index is -4.31. The number of amides is 2. The van der Waals surface area contributed by atoms with Gasteiger partial charge in [0.2, 0.25) is 11.8 Å². The number of nitro benzene ring substituents is 1. The van der Waals surface area contributed by atoms with Crippen molar-refractivity contribution < 1.29 is 22.9 Å². The highest BCUT2D eigenvalue weighted by atomic mass is 79.9. The van der Waals surface area contributed by atoms with Crippen LogP contribution in [0.4, 0.5) is 11.4 Å². The van der Waals surface area contributed by atoms with Crippen LogP contribution in [0, 0.1) is 10.1 Å². The first kappa shape index (κ1) is 33.8. The molecule has 12 heteroatoms. The van der Waals surface area contributed by atoms with Crippen molar-refractivity contribution >= 4 is 49.1 Å². The topological polar surface area (TPSA) is 130 Å². The van der Waals surface area contributed by atoms with E-state index in [2.05, 4.69) is 21.2 Å². The molecule has 244 valence electrons. The van der Waals surface area contributed by atoms with Gasteiger partial charge >= 0.3 is 0 Å². The maximum atomic E-state index is 14.5. The first-order chi connectivity index (χ1) is 22.6. The van der Waals surface area contributed by atoms with Crippen LogP contribution in [0.3, 0.4) is 0 Å². The molecule has 2 amide bonds. The maximum Gasteiger partial charge on any atom is 0.269 e. The van der Waals surface area contributed by atoms with E-state index in [1.54, 1.807) is 18.2 Å². The zero-order valence-electron chi connectivity index (χ0n) is 25.6. The van der Waals surface area contributed by atoms with Gasteiger partial charge in [-0.15, -0.1) is 0 Å². The van der Waals surface area contributed by atoms with E-state index in [0.29, 0.717) is 0 Å². The molecule has 1 unspecified atom stereocenters. The van der Waals surface area contributed by atoms with E-state index in [-0.39, 0.29) is 41.2 Å². The van der Waals surface area contributed by atoms with Crippen molar-refractivity contribution in [1.82, 2.24) is 10.2 Å². The van der Waals surface area contributed by atoms with E-state index < -0.39 is 33.4 Å². The molecule has 1 saturated carbocycles.